The lowest BCUT2D eigenvalue weighted by atomic mass is 10.1. The van der Waals surface area contributed by atoms with E-state index in [0.717, 1.165) is 23.2 Å². The first-order chi connectivity index (χ1) is 8.29. The van der Waals surface area contributed by atoms with Crippen LogP contribution in [0.4, 0.5) is 0 Å². The summed E-state index contributed by atoms with van der Waals surface area (Å²) in [5.41, 5.74) is 1.26. The van der Waals surface area contributed by atoms with Gasteiger partial charge in [-0.1, -0.05) is 12.1 Å². The molecule has 0 saturated heterocycles. The van der Waals surface area contributed by atoms with Gasteiger partial charge in [-0.25, -0.2) is 0 Å². The van der Waals surface area contributed by atoms with Crippen molar-refractivity contribution in [2.75, 3.05) is 7.05 Å². The van der Waals surface area contributed by atoms with E-state index in [1.165, 1.54) is 18.4 Å². The third-order valence-corrected chi connectivity index (χ3v) is 3.49. The standard InChI is InChI=1S/C14H18BrNO/c1-16-10-11-7-8-14(13(15)9-11)17-12-5-3-2-4-6-12/h3,5,7-9,12,16H,2,4,6,10H2,1H3. The van der Waals surface area contributed by atoms with Crippen LogP contribution in [-0.2, 0) is 6.54 Å². The number of benzene rings is 1. The van der Waals surface area contributed by atoms with Gasteiger partial charge in [-0.2, -0.15) is 0 Å². The molecule has 0 bridgehead atoms. The molecule has 0 aliphatic heterocycles. The Balaban J connectivity index is 2.05. The molecule has 92 valence electrons. The first-order valence-electron chi connectivity index (χ1n) is 6.06. The predicted molar refractivity (Wildman–Crippen MR) is 74.3 cm³/mol. The van der Waals surface area contributed by atoms with Gasteiger partial charge in [0.15, 0.2) is 0 Å². The summed E-state index contributed by atoms with van der Waals surface area (Å²) in [6.45, 7) is 0.877. The van der Waals surface area contributed by atoms with Crippen molar-refractivity contribution in [2.24, 2.45) is 0 Å². The monoisotopic (exact) mass is 295 g/mol. The molecular formula is C14H18BrNO. The van der Waals surface area contributed by atoms with E-state index in [0.29, 0.717) is 0 Å². The number of hydrogen-bond acceptors (Lipinski definition) is 2. The summed E-state index contributed by atoms with van der Waals surface area (Å²) in [6, 6.07) is 6.25. The van der Waals surface area contributed by atoms with Gasteiger partial charge in [-0.3, -0.25) is 0 Å². The van der Waals surface area contributed by atoms with Crippen LogP contribution in [0.5, 0.6) is 5.75 Å². The van der Waals surface area contributed by atoms with Crippen LogP contribution in [0, 0.1) is 0 Å². The molecule has 0 spiro atoms. The third-order valence-electron chi connectivity index (χ3n) is 2.87. The first-order valence-corrected chi connectivity index (χ1v) is 6.85. The minimum atomic E-state index is 0.232. The Labute approximate surface area is 111 Å². The van der Waals surface area contributed by atoms with Crippen molar-refractivity contribution in [3.63, 3.8) is 0 Å². The molecule has 0 amide bonds. The zero-order chi connectivity index (χ0) is 12.1. The summed E-state index contributed by atoms with van der Waals surface area (Å²) in [6.07, 6.45) is 8.12. The SMILES string of the molecule is CNCc1ccc(OC2C=CCCC2)c(Br)c1. The topological polar surface area (TPSA) is 21.3 Å². The Morgan fingerprint density at radius 3 is 3.00 bits per heavy atom. The lowest BCUT2D eigenvalue weighted by Gasteiger charge is -2.19. The van der Waals surface area contributed by atoms with Gasteiger partial charge in [0.05, 0.1) is 4.47 Å². The van der Waals surface area contributed by atoms with Gasteiger partial charge in [0.25, 0.3) is 0 Å². The molecule has 2 rings (SSSR count). The maximum absolute atomic E-state index is 5.97. The molecule has 0 aromatic heterocycles. The van der Waals surface area contributed by atoms with Crippen molar-refractivity contribution < 1.29 is 4.74 Å². The number of hydrogen-bond donors (Lipinski definition) is 1. The maximum Gasteiger partial charge on any atom is 0.134 e. The Hall–Kier alpha value is -0.800. The van der Waals surface area contributed by atoms with Crippen molar-refractivity contribution in [1.82, 2.24) is 5.32 Å². The van der Waals surface area contributed by atoms with Crippen LogP contribution in [0.2, 0.25) is 0 Å². The van der Waals surface area contributed by atoms with Crippen molar-refractivity contribution >= 4 is 15.9 Å². The Morgan fingerprint density at radius 2 is 2.35 bits per heavy atom. The molecule has 0 radical (unpaired) electrons. The molecule has 1 aliphatic carbocycles. The van der Waals surface area contributed by atoms with Gasteiger partial charge in [-0.15, -0.1) is 0 Å². The van der Waals surface area contributed by atoms with Crippen molar-refractivity contribution in [3.05, 3.63) is 40.4 Å². The fourth-order valence-corrected chi connectivity index (χ4v) is 2.52. The fraction of sp³-hybridized carbons (Fsp3) is 0.429. The lowest BCUT2D eigenvalue weighted by Crippen LogP contribution is -2.16. The second-order valence-electron chi connectivity index (χ2n) is 4.31. The van der Waals surface area contributed by atoms with E-state index in [4.69, 9.17) is 4.74 Å². The molecule has 17 heavy (non-hydrogen) atoms. The predicted octanol–water partition coefficient (Wildman–Crippen LogP) is 3.66. The maximum atomic E-state index is 5.97. The molecule has 2 nitrogen and oxygen atoms in total. The number of ether oxygens (including phenoxy) is 1. The molecule has 1 aromatic rings. The summed E-state index contributed by atoms with van der Waals surface area (Å²) >= 11 is 3.57. The van der Waals surface area contributed by atoms with E-state index in [2.05, 4.69) is 45.5 Å². The van der Waals surface area contributed by atoms with Gasteiger partial charge in [0, 0.05) is 6.54 Å². The highest BCUT2D eigenvalue weighted by Crippen LogP contribution is 2.28. The number of allylic oxidation sites excluding steroid dienone is 1. The Bertz CT molecular complexity index is 403. The molecule has 1 aliphatic rings. The summed E-state index contributed by atoms with van der Waals surface area (Å²) in [4.78, 5) is 0. The van der Waals surface area contributed by atoms with Gasteiger partial charge in [0.1, 0.15) is 11.9 Å². The van der Waals surface area contributed by atoms with Gasteiger partial charge in [0.2, 0.25) is 0 Å². The molecule has 0 heterocycles. The van der Waals surface area contributed by atoms with E-state index >= 15 is 0 Å². The van der Waals surface area contributed by atoms with Crippen LogP contribution in [0.1, 0.15) is 24.8 Å². The van der Waals surface area contributed by atoms with Crippen molar-refractivity contribution in [2.45, 2.75) is 31.9 Å². The zero-order valence-corrected chi connectivity index (χ0v) is 11.7. The highest BCUT2D eigenvalue weighted by atomic mass is 79.9. The summed E-state index contributed by atoms with van der Waals surface area (Å²) in [5, 5.41) is 3.14. The Kier molecular flexibility index (Phi) is 4.63. The van der Waals surface area contributed by atoms with Crippen LogP contribution in [-0.4, -0.2) is 13.2 Å². The molecule has 0 saturated carbocycles. The average Bonchev–Trinajstić information content (AvgIpc) is 2.34. The van der Waals surface area contributed by atoms with Crippen LogP contribution in [0.3, 0.4) is 0 Å². The summed E-state index contributed by atoms with van der Waals surface area (Å²) in [7, 11) is 1.95. The third kappa shape index (κ3) is 3.58. The second-order valence-corrected chi connectivity index (χ2v) is 5.16. The van der Waals surface area contributed by atoms with Crippen molar-refractivity contribution in [1.29, 1.82) is 0 Å². The normalized spacial score (nSPS) is 19.3. The largest absolute Gasteiger partial charge is 0.485 e. The number of nitrogens with one attached hydrogen (secondary N) is 1. The Morgan fingerprint density at radius 1 is 1.47 bits per heavy atom. The van der Waals surface area contributed by atoms with Gasteiger partial charge >= 0.3 is 0 Å². The van der Waals surface area contributed by atoms with Crippen LogP contribution < -0.4 is 10.1 Å². The van der Waals surface area contributed by atoms with Crippen molar-refractivity contribution in [3.8, 4) is 5.75 Å². The van der Waals surface area contributed by atoms with E-state index in [1.54, 1.807) is 0 Å². The van der Waals surface area contributed by atoms with Gasteiger partial charge in [-0.05, 0) is 66.0 Å². The van der Waals surface area contributed by atoms with E-state index in [-0.39, 0.29) is 6.10 Å². The molecule has 1 N–H and O–H groups in total. The molecule has 0 fully saturated rings. The number of rotatable bonds is 4. The van der Waals surface area contributed by atoms with Crippen LogP contribution >= 0.6 is 15.9 Å². The van der Waals surface area contributed by atoms with E-state index in [1.807, 2.05) is 13.1 Å². The molecule has 1 atom stereocenters. The minimum absolute atomic E-state index is 0.232. The highest BCUT2D eigenvalue weighted by Gasteiger charge is 2.11. The van der Waals surface area contributed by atoms with Crippen LogP contribution in [0.15, 0.2) is 34.8 Å². The first kappa shape index (κ1) is 12.7. The zero-order valence-electron chi connectivity index (χ0n) is 10.1. The van der Waals surface area contributed by atoms with E-state index in [9.17, 15) is 0 Å². The van der Waals surface area contributed by atoms with Crippen LogP contribution in [0.25, 0.3) is 0 Å². The minimum Gasteiger partial charge on any atom is -0.485 e. The lowest BCUT2D eigenvalue weighted by molar-refractivity contribution is 0.228. The molecule has 1 unspecified atom stereocenters. The highest BCUT2D eigenvalue weighted by molar-refractivity contribution is 9.10. The fourth-order valence-electron chi connectivity index (χ4n) is 2.00. The second kappa shape index (κ2) is 6.22. The smallest absolute Gasteiger partial charge is 0.134 e. The molecular weight excluding hydrogens is 278 g/mol. The summed E-state index contributed by atoms with van der Waals surface area (Å²) in [5.74, 6) is 0.932. The molecule has 3 heteroatoms. The van der Waals surface area contributed by atoms with Gasteiger partial charge < -0.3 is 10.1 Å². The average molecular weight is 296 g/mol. The quantitative estimate of drug-likeness (QED) is 0.856. The van der Waals surface area contributed by atoms with E-state index < -0.39 is 0 Å². The summed E-state index contributed by atoms with van der Waals surface area (Å²) < 4.78 is 7.00. The molecule has 1 aromatic carbocycles. The number of halogens is 1.